The zero-order valence-corrected chi connectivity index (χ0v) is 15.8. The lowest BCUT2D eigenvalue weighted by Crippen LogP contribution is -2.41. The second-order valence-corrected chi connectivity index (χ2v) is 10.2. The van der Waals surface area contributed by atoms with Gasteiger partial charge in [0, 0.05) is 18.5 Å². The van der Waals surface area contributed by atoms with Crippen molar-refractivity contribution in [2.24, 2.45) is 5.92 Å². The zero-order chi connectivity index (χ0) is 17.8. The summed E-state index contributed by atoms with van der Waals surface area (Å²) in [5.41, 5.74) is -0.0997. The third-order valence-corrected chi connectivity index (χ3v) is 7.19. The minimum atomic E-state index is -4.35. The Morgan fingerprint density at radius 1 is 1.17 bits per heavy atom. The smallest absolute Gasteiger partial charge is 0.416 e. The molecule has 3 rings (SSSR count). The van der Waals surface area contributed by atoms with E-state index in [1.807, 2.05) is 0 Å². The molecule has 1 heterocycles. The van der Waals surface area contributed by atoms with Crippen LogP contribution in [-0.4, -0.2) is 32.4 Å². The average molecular weight is 471 g/mol. The highest BCUT2D eigenvalue weighted by Crippen LogP contribution is 2.71. The van der Waals surface area contributed by atoms with Crippen LogP contribution in [0.25, 0.3) is 0 Å². The summed E-state index contributed by atoms with van der Waals surface area (Å²) in [4.78, 5) is 12.4. The highest BCUT2D eigenvalue weighted by atomic mass is 79.9. The molecule has 3 nitrogen and oxygen atoms in total. The van der Waals surface area contributed by atoms with Crippen molar-refractivity contribution in [2.45, 2.75) is 34.1 Å². The number of halogens is 5. The maximum Gasteiger partial charge on any atom is 0.416 e. The fraction of sp³-hybridized carbons (Fsp3) is 0.562. The van der Waals surface area contributed by atoms with Crippen LogP contribution < -0.4 is 0 Å². The molecule has 1 aromatic carbocycles. The highest BCUT2D eigenvalue weighted by Gasteiger charge is 2.69. The van der Waals surface area contributed by atoms with E-state index < -0.39 is 17.8 Å². The maximum atomic E-state index is 12.8. The first-order valence-corrected chi connectivity index (χ1v) is 9.20. The predicted molar refractivity (Wildman–Crippen MR) is 90.6 cm³/mol. The Morgan fingerprint density at radius 2 is 1.67 bits per heavy atom. The Bertz CT molecular complexity index is 640. The number of benzene rings is 1. The van der Waals surface area contributed by atoms with Crippen molar-refractivity contribution in [1.82, 2.24) is 4.90 Å². The van der Waals surface area contributed by atoms with Crippen molar-refractivity contribution in [3.05, 3.63) is 35.4 Å². The van der Waals surface area contributed by atoms with E-state index in [1.54, 1.807) is 12.1 Å². The summed E-state index contributed by atoms with van der Waals surface area (Å²) in [5, 5.41) is 9.07. The van der Waals surface area contributed by atoms with Crippen LogP contribution in [0.2, 0.25) is 0 Å². The number of piperidine rings is 1. The first-order chi connectivity index (χ1) is 11.1. The molecular weight excluding hydrogens is 455 g/mol. The number of carboxylic acid groups (broad SMARTS) is 1. The molecule has 1 aliphatic heterocycles. The van der Waals surface area contributed by atoms with Gasteiger partial charge in [-0.25, -0.2) is 4.79 Å². The Balaban J connectivity index is 1.84. The molecule has 1 unspecified atom stereocenters. The minimum absolute atomic E-state index is 0.212. The van der Waals surface area contributed by atoms with Crippen molar-refractivity contribution in [3.8, 4) is 0 Å². The van der Waals surface area contributed by atoms with Crippen LogP contribution in [0.15, 0.2) is 24.3 Å². The van der Waals surface area contributed by atoms with Crippen molar-refractivity contribution in [2.75, 3.05) is 13.1 Å². The van der Waals surface area contributed by atoms with E-state index in [2.05, 4.69) is 31.9 Å². The van der Waals surface area contributed by atoms with Crippen LogP contribution in [0, 0.1) is 5.92 Å². The summed E-state index contributed by atoms with van der Waals surface area (Å²) in [6.07, 6.45) is -3.10. The summed E-state index contributed by atoms with van der Waals surface area (Å²) in [5.74, 6) is 0.212. The third kappa shape index (κ3) is 2.96. The second kappa shape index (κ2) is 5.90. The van der Waals surface area contributed by atoms with Crippen LogP contribution in [0.5, 0.6) is 0 Å². The normalized spacial score (nSPS) is 27.1. The Morgan fingerprint density at radius 3 is 2.04 bits per heavy atom. The van der Waals surface area contributed by atoms with Gasteiger partial charge in [-0.3, -0.25) is 0 Å². The maximum absolute atomic E-state index is 12.8. The minimum Gasteiger partial charge on any atom is -0.465 e. The Kier molecular flexibility index (Phi) is 4.44. The topological polar surface area (TPSA) is 40.5 Å². The largest absolute Gasteiger partial charge is 0.465 e. The van der Waals surface area contributed by atoms with Gasteiger partial charge in [-0.1, -0.05) is 44.0 Å². The summed E-state index contributed by atoms with van der Waals surface area (Å²) in [7, 11) is 0. The van der Waals surface area contributed by atoms with Crippen molar-refractivity contribution in [1.29, 1.82) is 0 Å². The molecule has 0 spiro atoms. The van der Waals surface area contributed by atoms with E-state index in [-0.39, 0.29) is 14.6 Å². The van der Waals surface area contributed by atoms with Gasteiger partial charge in [-0.05, 0) is 42.9 Å². The molecule has 1 N–H and O–H groups in total. The Labute approximate surface area is 154 Å². The summed E-state index contributed by atoms with van der Waals surface area (Å²) < 4.78 is 38.0. The standard InChI is InChI=1S/C16H16Br2F3NO2/c17-15(18)9-14(15,11-5-7-22(8-6-11)13(23)24)10-1-3-12(4-2-10)16(19,20)21/h1-4,11H,5-9H2,(H,23,24). The molecule has 1 amide bonds. The molecule has 2 aliphatic rings. The molecule has 1 saturated heterocycles. The van der Waals surface area contributed by atoms with Gasteiger partial charge in [0.25, 0.3) is 0 Å². The molecule has 2 fully saturated rings. The molecule has 24 heavy (non-hydrogen) atoms. The molecule has 132 valence electrons. The van der Waals surface area contributed by atoms with E-state index >= 15 is 0 Å². The predicted octanol–water partition coefficient (Wildman–Crippen LogP) is 5.22. The molecule has 1 saturated carbocycles. The number of hydrogen-bond acceptors (Lipinski definition) is 1. The second-order valence-electron chi connectivity index (χ2n) is 6.47. The average Bonchev–Trinajstić information content (AvgIpc) is 3.10. The number of likely N-dealkylation sites (tertiary alicyclic amines) is 1. The van der Waals surface area contributed by atoms with Crippen LogP contribution in [0.4, 0.5) is 18.0 Å². The van der Waals surface area contributed by atoms with Crippen molar-refractivity contribution < 1.29 is 23.1 Å². The highest BCUT2D eigenvalue weighted by molar-refractivity contribution is 9.25. The van der Waals surface area contributed by atoms with Gasteiger partial charge in [0.05, 0.1) is 8.80 Å². The number of nitrogens with zero attached hydrogens (tertiary/aromatic N) is 1. The molecule has 0 radical (unpaired) electrons. The van der Waals surface area contributed by atoms with E-state index in [0.29, 0.717) is 25.9 Å². The number of rotatable bonds is 2. The number of carbonyl (C=O) groups is 1. The monoisotopic (exact) mass is 469 g/mol. The van der Waals surface area contributed by atoms with Gasteiger partial charge in [0.1, 0.15) is 0 Å². The van der Waals surface area contributed by atoms with Crippen LogP contribution in [-0.2, 0) is 11.6 Å². The lowest BCUT2D eigenvalue weighted by molar-refractivity contribution is -0.137. The van der Waals surface area contributed by atoms with Gasteiger partial charge in [0.2, 0.25) is 0 Å². The van der Waals surface area contributed by atoms with Crippen LogP contribution >= 0.6 is 31.9 Å². The third-order valence-electron chi connectivity index (χ3n) is 5.22. The van der Waals surface area contributed by atoms with Gasteiger partial charge >= 0.3 is 12.3 Å². The number of hydrogen-bond donors (Lipinski definition) is 1. The van der Waals surface area contributed by atoms with E-state index in [0.717, 1.165) is 24.1 Å². The van der Waals surface area contributed by atoms with Crippen LogP contribution in [0.3, 0.4) is 0 Å². The van der Waals surface area contributed by atoms with E-state index in [4.69, 9.17) is 5.11 Å². The SMILES string of the molecule is O=C(O)N1CCC(C2(c3ccc(C(F)(F)F)cc3)CC2(Br)Br)CC1. The fourth-order valence-corrected chi connectivity index (χ4v) is 5.81. The molecule has 0 aromatic heterocycles. The number of amides is 1. The molecule has 1 aliphatic carbocycles. The van der Waals surface area contributed by atoms with E-state index in [9.17, 15) is 18.0 Å². The fourth-order valence-electron chi connectivity index (χ4n) is 3.82. The summed E-state index contributed by atoms with van der Waals surface area (Å²) >= 11 is 7.30. The van der Waals surface area contributed by atoms with Gasteiger partial charge in [-0.15, -0.1) is 0 Å². The van der Waals surface area contributed by atoms with E-state index in [1.165, 1.54) is 4.90 Å². The van der Waals surface area contributed by atoms with Gasteiger partial charge < -0.3 is 10.0 Å². The molecular formula is C16H16Br2F3NO2. The summed E-state index contributed by atoms with van der Waals surface area (Å²) in [6, 6.07) is 5.35. The first-order valence-electron chi connectivity index (χ1n) is 7.61. The molecule has 1 aromatic rings. The zero-order valence-electron chi connectivity index (χ0n) is 12.6. The van der Waals surface area contributed by atoms with Gasteiger partial charge in [-0.2, -0.15) is 13.2 Å². The van der Waals surface area contributed by atoms with Crippen molar-refractivity contribution in [3.63, 3.8) is 0 Å². The van der Waals surface area contributed by atoms with Crippen molar-refractivity contribution >= 4 is 38.0 Å². The Hall–Kier alpha value is -0.760. The van der Waals surface area contributed by atoms with Crippen LogP contribution in [0.1, 0.15) is 30.4 Å². The summed E-state index contributed by atoms with van der Waals surface area (Å²) in [6.45, 7) is 0.914. The molecule has 1 atom stereocenters. The number of alkyl halides is 5. The lowest BCUT2D eigenvalue weighted by Gasteiger charge is -2.36. The first kappa shape index (κ1) is 18.0. The molecule has 8 heteroatoms. The molecule has 0 bridgehead atoms. The lowest BCUT2D eigenvalue weighted by atomic mass is 9.77. The quantitative estimate of drug-likeness (QED) is 0.601. The van der Waals surface area contributed by atoms with Gasteiger partial charge in [0.15, 0.2) is 0 Å².